The number of anilines is 2. The van der Waals surface area contributed by atoms with Crippen molar-refractivity contribution in [1.29, 1.82) is 0 Å². The molecule has 1 saturated carbocycles. The van der Waals surface area contributed by atoms with Crippen LogP contribution in [0.25, 0.3) is 0 Å². The molecule has 1 atom stereocenters. The Hall–Kier alpha value is -3.76. The van der Waals surface area contributed by atoms with Crippen LogP contribution in [0.2, 0.25) is 0 Å². The zero-order valence-electron chi connectivity index (χ0n) is 19.5. The van der Waals surface area contributed by atoms with Crippen LogP contribution in [-0.4, -0.2) is 43.2 Å². The largest absolute Gasteiger partial charge is 0.344 e. The first-order valence-corrected chi connectivity index (χ1v) is 12.1. The van der Waals surface area contributed by atoms with Gasteiger partial charge in [0.15, 0.2) is 0 Å². The van der Waals surface area contributed by atoms with E-state index < -0.39 is 11.7 Å². The molecule has 1 spiro atoms. The zero-order valence-corrected chi connectivity index (χ0v) is 19.5. The maximum Gasteiger partial charge on any atom is 0.276 e. The summed E-state index contributed by atoms with van der Waals surface area (Å²) in [6.45, 7) is 2.44. The minimum absolute atomic E-state index is 0.113. The van der Waals surface area contributed by atoms with E-state index in [9.17, 15) is 19.2 Å². The second-order valence-electron chi connectivity index (χ2n) is 9.90. The molecular weight excluding hydrogens is 450 g/mol. The molecule has 1 aliphatic carbocycles. The van der Waals surface area contributed by atoms with Gasteiger partial charge in [0.05, 0.1) is 18.8 Å². The molecule has 0 bridgehead atoms. The van der Waals surface area contributed by atoms with E-state index in [1.807, 2.05) is 6.92 Å². The van der Waals surface area contributed by atoms with Gasteiger partial charge < -0.3 is 20.9 Å². The highest BCUT2D eigenvalue weighted by molar-refractivity contribution is 5.97. The first-order valence-electron chi connectivity index (χ1n) is 12.1. The standard InChI is InChI=1S/C24H27N7O4/c1-13-9-16(23(35)31-19(13)21(33)29-24(31)7-3-2-4-8-24)28-20-14-10-30(11-17(14)25-12-26-20)22(34)15-5-6-18(32)27-15/h9,12,15H,2-8,10-11H2,1H3,(H,27,32)(H,29,33)(H,25,26,28). The van der Waals surface area contributed by atoms with E-state index in [1.54, 1.807) is 15.5 Å². The Morgan fingerprint density at radius 2 is 1.94 bits per heavy atom. The molecule has 2 aromatic rings. The minimum Gasteiger partial charge on any atom is -0.344 e. The number of nitrogens with zero attached hydrogens (tertiary/aromatic N) is 4. The van der Waals surface area contributed by atoms with Crippen molar-refractivity contribution in [3.8, 4) is 0 Å². The molecule has 0 aromatic carbocycles. The maximum absolute atomic E-state index is 13.7. The van der Waals surface area contributed by atoms with Crippen LogP contribution in [0.4, 0.5) is 11.5 Å². The summed E-state index contributed by atoms with van der Waals surface area (Å²) in [6, 6.07) is 1.18. The fourth-order valence-electron chi connectivity index (χ4n) is 5.92. The molecule has 4 aliphatic rings. The van der Waals surface area contributed by atoms with Gasteiger partial charge in [-0.05, 0) is 50.7 Å². The molecule has 35 heavy (non-hydrogen) atoms. The van der Waals surface area contributed by atoms with Crippen molar-refractivity contribution >= 4 is 29.2 Å². The normalized spacial score (nSPS) is 22.1. The second kappa shape index (κ2) is 7.89. The van der Waals surface area contributed by atoms with Gasteiger partial charge in [0.25, 0.3) is 11.5 Å². The maximum atomic E-state index is 13.7. The lowest BCUT2D eigenvalue weighted by Gasteiger charge is -2.35. The van der Waals surface area contributed by atoms with Crippen LogP contribution in [0, 0.1) is 6.92 Å². The van der Waals surface area contributed by atoms with Crippen molar-refractivity contribution in [2.24, 2.45) is 0 Å². The monoisotopic (exact) mass is 477 g/mol. The molecule has 3 N–H and O–H groups in total. The van der Waals surface area contributed by atoms with E-state index in [2.05, 4.69) is 25.9 Å². The fraction of sp³-hybridized carbons (Fsp3) is 0.500. The Labute approximate surface area is 201 Å². The Kier molecular flexibility index (Phi) is 4.90. The molecule has 3 aliphatic heterocycles. The summed E-state index contributed by atoms with van der Waals surface area (Å²) in [5.41, 5.74) is 1.98. The molecule has 2 fully saturated rings. The van der Waals surface area contributed by atoms with Gasteiger partial charge in [-0.15, -0.1) is 0 Å². The number of pyridine rings is 1. The van der Waals surface area contributed by atoms with Crippen molar-refractivity contribution in [3.05, 3.63) is 45.3 Å². The summed E-state index contributed by atoms with van der Waals surface area (Å²) in [5, 5.41) is 9.00. The number of aryl methyl sites for hydroxylation is 1. The predicted octanol–water partition coefficient (Wildman–Crippen LogP) is 1.17. The SMILES string of the molecule is Cc1cc(Nc2ncnc3c2CN(C(=O)C2CCC(=O)N2)C3)c(=O)n2c1C(=O)NC21CCCCC1. The van der Waals surface area contributed by atoms with Crippen molar-refractivity contribution in [2.75, 3.05) is 5.32 Å². The van der Waals surface area contributed by atoms with E-state index in [-0.39, 0.29) is 23.3 Å². The number of carbonyl (C=O) groups is 3. The van der Waals surface area contributed by atoms with Gasteiger partial charge in [0.2, 0.25) is 11.8 Å². The Bertz CT molecular complexity index is 1330. The lowest BCUT2D eigenvalue weighted by atomic mass is 9.89. The summed E-state index contributed by atoms with van der Waals surface area (Å²) >= 11 is 0. The molecule has 182 valence electrons. The van der Waals surface area contributed by atoms with E-state index in [1.165, 1.54) is 6.33 Å². The van der Waals surface area contributed by atoms with Gasteiger partial charge >= 0.3 is 0 Å². The number of rotatable bonds is 3. The number of nitrogens with one attached hydrogen (secondary N) is 3. The van der Waals surface area contributed by atoms with Gasteiger partial charge in [0.1, 0.15) is 35.2 Å². The molecule has 3 amide bonds. The average Bonchev–Trinajstić information content (AvgIpc) is 3.54. The molecule has 2 aromatic heterocycles. The summed E-state index contributed by atoms with van der Waals surface area (Å²) < 4.78 is 1.65. The Balaban J connectivity index is 1.32. The van der Waals surface area contributed by atoms with Crippen LogP contribution in [-0.2, 0) is 28.3 Å². The quantitative estimate of drug-likeness (QED) is 0.603. The van der Waals surface area contributed by atoms with Crippen molar-refractivity contribution < 1.29 is 14.4 Å². The third kappa shape index (κ3) is 3.40. The topological polar surface area (TPSA) is 138 Å². The van der Waals surface area contributed by atoms with E-state index >= 15 is 0 Å². The van der Waals surface area contributed by atoms with Gasteiger partial charge in [-0.2, -0.15) is 0 Å². The smallest absolute Gasteiger partial charge is 0.276 e. The number of amides is 3. The lowest BCUT2D eigenvalue weighted by Crippen LogP contribution is -2.48. The Morgan fingerprint density at radius 3 is 2.69 bits per heavy atom. The highest BCUT2D eigenvalue weighted by Crippen LogP contribution is 2.38. The van der Waals surface area contributed by atoms with Crippen molar-refractivity contribution in [3.63, 3.8) is 0 Å². The highest BCUT2D eigenvalue weighted by Gasteiger charge is 2.45. The third-order valence-electron chi connectivity index (χ3n) is 7.64. The minimum atomic E-state index is -0.674. The zero-order chi connectivity index (χ0) is 24.3. The van der Waals surface area contributed by atoms with Crippen LogP contribution in [0.1, 0.15) is 72.3 Å². The number of fused-ring (bicyclic) bond motifs is 3. The van der Waals surface area contributed by atoms with Crippen LogP contribution in [0.5, 0.6) is 0 Å². The van der Waals surface area contributed by atoms with Gasteiger partial charge in [-0.25, -0.2) is 9.97 Å². The van der Waals surface area contributed by atoms with Gasteiger partial charge in [0, 0.05) is 12.0 Å². The third-order valence-corrected chi connectivity index (χ3v) is 7.64. The van der Waals surface area contributed by atoms with Crippen molar-refractivity contribution in [2.45, 2.75) is 76.7 Å². The first kappa shape index (κ1) is 21.8. The van der Waals surface area contributed by atoms with Crippen LogP contribution < -0.4 is 21.5 Å². The van der Waals surface area contributed by atoms with E-state index in [4.69, 9.17) is 0 Å². The summed E-state index contributed by atoms with van der Waals surface area (Å²) in [6.07, 6.45) is 6.70. The van der Waals surface area contributed by atoms with E-state index in [0.717, 1.165) is 37.7 Å². The van der Waals surface area contributed by atoms with Crippen LogP contribution >= 0.6 is 0 Å². The average molecular weight is 478 g/mol. The summed E-state index contributed by atoms with van der Waals surface area (Å²) in [4.78, 5) is 61.3. The molecule has 11 nitrogen and oxygen atoms in total. The first-order chi connectivity index (χ1) is 16.9. The number of carbonyl (C=O) groups excluding carboxylic acids is 3. The molecule has 6 rings (SSSR count). The number of aromatic nitrogens is 3. The molecule has 1 saturated heterocycles. The molecule has 1 unspecified atom stereocenters. The summed E-state index contributed by atoms with van der Waals surface area (Å²) in [7, 11) is 0. The van der Waals surface area contributed by atoms with Crippen LogP contribution in [0.15, 0.2) is 17.2 Å². The molecule has 11 heteroatoms. The fourth-order valence-corrected chi connectivity index (χ4v) is 5.92. The molecule has 5 heterocycles. The lowest BCUT2D eigenvalue weighted by molar-refractivity contribution is -0.134. The van der Waals surface area contributed by atoms with Gasteiger partial charge in [-0.1, -0.05) is 6.42 Å². The number of hydrogen-bond acceptors (Lipinski definition) is 7. The molecular formula is C24H27N7O4. The second-order valence-corrected chi connectivity index (χ2v) is 9.90. The highest BCUT2D eigenvalue weighted by atomic mass is 16.2. The molecule has 0 radical (unpaired) electrons. The van der Waals surface area contributed by atoms with E-state index in [0.29, 0.717) is 54.4 Å². The van der Waals surface area contributed by atoms with Crippen molar-refractivity contribution in [1.82, 2.24) is 30.1 Å². The van der Waals surface area contributed by atoms with Crippen LogP contribution in [0.3, 0.4) is 0 Å². The predicted molar refractivity (Wildman–Crippen MR) is 125 cm³/mol. The number of hydrogen-bond donors (Lipinski definition) is 3. The van der Waals surface area contributed by atoms with Gasteiger partial charge in [-0.3, -0.25) is 23.7 Å². The Morgan fingerprint density at radius 1 is 1.14 bits per heavy atom. The summed E-state index contributed by atoms with van der Waals surface area (Å²) in [5.74, 6) is 0.00682.